The molecule has 0 N–H and O–H groups in total. The van der Waals surface area contributed by atoms with Crippen molar-refractivity contribution in [3.05, 3.63) is 41.7 Å². The highest BCUT2D eigenvalue weighted by Gasteiger charge is 2.35. The molecular formula is C17H24O. The van der Waals surface area contributed by atoms with E-state index in [0.717, 1.165) is 12.2 Å². The molecule has 1 heteroatoms. The van der Waals surface area contributed by atoms with Gasteiger partial charge in [-0.15, -0.1) is 0 Å². The van der Waals surface area contributed by atoms with Crippen LogP contribution in [0.4, 0.5) is 0 Å². The Balaban J connectivity index is 2.24. The fraction of sp³-hybridized carbons (Fsp3) is 0.529. The van der Waals surface area contributed by atoms with Gasteiger partial charge in [-0.2, -0.15) is 0 Å². The lowest BCUT2D eigenvalue weighted by molar-refractivity contribution is -0.0240. The van der Waals surface area contributed by atoms with Crippen molar-refractivity contribution in [1.82, 2.24) is 0 Å². The molecule has 0 bridgehead atoms. The van der Waals surface area contributed by atoms with Gasteiger partial charge in [0, 0.05) is 5.92 Å². The van der Waals surface area contributed by atoms with Crippen LogP contribution < -0.4 is 0 Å². The molecule has 1 aromatic rings. The van der Waals surface area contributed by atoms with Gasteiger partial charge in [0.15, 0.2) is 0 Å². The second-order valence-electron chi connectivity index (χ2n) is 5.53. The Morgan fingerprint density at radius 1 is 1.06 bits per heavy atom. The normalized spacial score (nSPS) is 34.3. The monoisotopic (exact) mass is 244 g/mol. The Morgan fingerprint density at radius 3 is 2.33 bits per heavy atom. The van der Waals surface area contributed by atoms with Gasteiger partial charge in [-0.05, 0) is 29.9 Å². The van der Waals surface area contributed by atoms with Gasteiger partial charge in [0.05, 0.1) is 0 Å². The van der Waals surface area contributed by atoms with E-state index >= 15 is 0 Å². The van der Waals surface area contributed by atoms with Gasteiger partial charge in [0.25, 0.3) is 0 Å². The summed E-state index contributed by atoms with van der Waals surface area (Å²) in [6.45, 7) is 9.15. The maximum Gasteiger partial charge on any atom is 0.101 e. The van der Waals surface area contributed by atoms with Gasteiger partial charge in [0.2, 0.25) is 0 Å². The third-order valence-electron chi connectivity index (χ3n) is 4.45. The van der Waals surface area contributed by atoms with E-state index in [4.69, 9.17) is 4.74 Å². The highest BCUT2D eigenvalue weighted by atomic mass is 16.5. The quantitative estimate of drug-likeness (QED) is 0.730. The lowest BCUT2D eigenvalue weighted by Gasteiger charge is -2.40. The molecule has 2 rings (SSSR count). The van der Waals surface area contributed by atoms with Crippen LogP contribution in [0.1, 0.15) is 39.7 Å². The summed E-state index contributed by atoms with van der Waals surface area (Å²) in [5, 5.41) is 0. The zero-order valence-electron chi connectivity index (χ0n) is 11.9. The van der Waals surface area contributed by atoms with Crippen LogP contribution in [0, 0.1) is 17.8 Å². The van der Waals surface area contributed by atoms with Crippen molar-refractivity contribution in [3.63, 3.8) is 0 Å². The molecule has 0 aromatic heterocycles. The molecule has 0 amide bonds. The highest BCUT2D eigenvalue weighted by molar-refractivity contribution is 5.51. The lowest BCUT2D eigenvalue weighted by atomic mass is 9.77. The molecule has 1 saturated heterocycles. The van der Waals surface area contributed by atoms with E-state index in [9.17, 15) is 0 Å². The predicted molar refractivity (Wildman–Crippen MR) is 77.1 cm³/mol. The molecule has 1 aliphatic heterocycles. The molecule has 4 atom stereocenters. The van der Waals surface area contributed by atoms with Gasteiger partial charge in [-0.1, -0.05) is 58.0 Å². The van der Waals surface area contributed by atoms with Crippen LogP contribution in [0.2, 0.25) is 0 Å². The smallest absolute Gasteiger partial charge is 0.101 e. The predicted octanol–water partition coefficient (Wildman–Crippen LogP) is 4.74. The molecule has 0 aliphatic carbocycles. The average molecular weight is 244 g/mol. The van der Waals surface area contributed by atoms with Crippen molar-refractivity contribution in [2.45, 2.75) is 40.2 Å². The van der Waals surface area contributed by atoms with E-state index in [1.807, 2.05) is 6.07 Å². The molecule has 18 heavy (non-hydrogen) atoms. The number of ether oxygens (including phenoxy) is 1. The third kappa shape index (κ3) is 2.60. The maximum absolute atomic E-state index is 6.20. The van der Waals surface area contributed by atoms with Crippen molar-refractivity contribution in [2.24, 2.45) is 17.8 Å². The van der Waals surface area contributed by atoms with Crippen molar-refractivity contribution in [2.75, 3.05) is 0 Å². The molecule has 1 nitrogen and oxygen atoms in total. The molecule has 0 saturated carbocycles. The first kappa shape index (κ1) is 13.2. The van der Waals surface area contributed by atoms with E-state index in [1.165, 1.54) is 5.56 Å². The second kappa shape index (κ2) is 5.60. The van der Waals surface area contributed by atoms with Crippen LogP contribution in [0.5, 0.6) is 0 Å². The Bertz CT molecular complexity index is 405. The summed E-state index contributed by atoms with van der Waals surface area (Å²) in [5.41, 5.74) is 1.23. The van der Waals surface area contributed by atoms with Crippen LogP contribution in [-0.2, 0) is 4.74 Å². The summed E-state index contributed by atoms with van der Waals surface area (Å²) in [6.07, 6.45) is 3.66. The van der Waals surface area contributed by atoms with E-state index in [0.29, 0.717) is 23.9 Å². The Kier molecular flexibility index (Phi) is 4.11. The largest absolute Gasteiger partial charge is 0.494 e. The first-order valence-electron chi connectivity index (χ1n) is 7.06. The number of hydrogen-bond acceptors (Lipinski definition) is 1. The summed E-state index contributed by atoms with van der Waals surface area (Å²) >= 11 is 0. The van der Waals surface area contributed by atoms with Gasteiger partial charge < -0.3 is 4.74 Å². The molecular weight excluding hydrogens is 220 g/mol. The van der Waals surface area contributed by atoms with Crippen LogP contribution in [0.15, 0.2) is 36.1 Å². The van der Waals surface area contributed by atoms with Crippen molar-refractivity contribution >= 4 is 6.08 Å². The van der Waals surface area contributed by atoms with E-state index in [-0.39, 0.29) is 0 Å². The molecule has 1 fully saturated rings. The molecule has 4 unspecified atom stereocenters. The molecule has 1 aromatic carbocycles. The number of allylic oxidation sites excluding steroid dienone is 1. The number of hydrogen-bond donors (Lipinski definition) is 0. The Labute approximate surface area is 111 Å². The minimum Gasteiger partial charge on any atom is -0.494 e. The second-order valence-corrected chi connectivity index (χ2v) is 5.53. The zero-order valence-corrected chi connectivity index (χ0v) is 11.9. The third-order valence-corrected chi connectivity index (χ3v) is 4.45. The number of rotatable bonds is 2. The lowest BCUT2D eigenvalue weighted by Crippen LogP contribution is -2.36. The molecule has 0 spiro atoms. The SMILES string of the molecule is CCC1O/C(=C/c2ccccc2)C(C)C(C)C1C. The van der Waals surface area contributed by atoms with E-state index < -0.39 is 0 Å². The van der Waals surface area contributed by atoms with E-state index in [2.05, 4.69) is 58.0 Å². The minimum absolute atomic E-state index is 0.367. The summed E-state index contributed by atoms with van der Waals surface area (Å²) in [7, 11) is 0. The van der Waals surface area contributed by atoms with Crippen LogP contribution in [-0.4, -0.2) is 6.10 Å². The number of benzene rings is 1. The summed E-state index contributed by atoms with van der Waals surface area (Å²) in [5.74, 6) is 2.97. The van der Waals surface area contributed by atoms with Crippen LogP contribution in [0.25, 0.3) is 6.08 Å². The fourth-order valence-corrected chi connectivity index (χ4v) is 2.78. The Hall–Kier alpha value is -1.24. The summed E-state index contributed by atoms with van der Waals surface area (Å²) in [4.78, 5) is 0. The molecule has 1 aliphatic rings. The molecule has 1 heterocycles. The topological polar surface area (TPSA) is 9.23 Å². The summed E-state index contributed by atoms with van der Waals surface area (Å²) < 4.78 is 6.20. The standard InChI is InChI=1S/C17H24O/c1-5-16-13(3)12(2)14(4)17(18-16)11-15-9-7-6-8-10-15/h6-14,16H,5H2,1-4H3/b17-11+. The Morgan fingerprint density at radius 2 is 1.72 bits per heavy atom. The zero-order chi connectivity index (χ0) is 13.1. The fourth-order valence-electron chi connectivity index (χ4n) is 2.78. The van der Waals surface area contributed by atoms with Gasteiger partial charge in [-0.25, -0.2) is 0 Å². The van der Waals surface area contributed by atoms with Crippen molar-refractivity contribution in [1.29, 1.82) is 0 Å². The highest BCUT2D eigenvalue weighted by Crippen LogP contribution is 2.38. The molecule has 98 valence electrons. The average Bonchev–Trinajstić information content (AvgIpc) is 2.40. The van der Waals surface area contributed by atoms with Crippen LogP contribution in [0.3, 0.4) is 0 Å². The molecule has 0 radical (unpaired) electrons. The maximum atomic E-state index is 6.20. The first-order valence-corrected chi connectivity index (χ1v) is 7.06. The van der Waals surface area contributed by atoms with Crippen LogP contribution >= 0.6 is 0 Å². The van der Waals surface area contributed by atoms with Gasteiger partial charge in [0.1, 0.15) is 11.9 Å². The minimum atomic E-state index is 0.367. The van der Waals surface area contributed by atoms with Crippen molar-refractivity contribution in [3.8, 4) is 0 Å². The summed E-state index contributed by atoms with van der Waals surface area (Å²) in [6, 6.07) is 10.5. The van der Waals surface area contributed by atoms with Gasteiger partial charge >= 0.3 is 0 Å². The van der Waals surface area contributed by atoms with Gasteiger partial charge in [-0.3, -0.25) is 0 Å². The first-order chi connectivity index (χ1) is 8.63. The van der Waals surface area contributed by atoms with E-state index in [1.54, 1.807) is 0 Å². The van der Waals surface area contributed by atoms with Crippen molar-refractivity contribution < 1.29 is 4.74 Å².